The summed E-state index contributed by atoms with van der Waals surface area (Å²) in [4.78, 5) is 23.0. The van der Waals surface area contributed by atoms with Gasteiger partial charge in [-0.3, -0.25) is 9.20 Å². The van der Waals surface area contributed by atoms with E-state index >= 15 is 0 Å². The Labute approximate surface area is 196 Å². The van der Waals surface area contributed by atoms with Gasteiger partial charge in [-0.25, -0.2) is 4.98 Å². The van der Waals surface area contributed by atoms with Crippen LogP contribution in [-0.2, 0) is 24.1 Å². The van der Waals surface area contributed by atoms with Crippen LogP contribution in [0.4, 0.5) is 5.82 Å². The summed E-state index contributed by atoms with van der Waals surface area (Å²) in [7, 11) is 0. The Balaban J connectivity index is 1.12. The van der Waals surface area contributed by atoms with Crippen molar-refractivity contribution in [3.63, 3.8) is 0 Å². The SMILES string of the molecule is Cc1ccc(-c2cn3c(CC(=O)N4CCN(c5cc6c(nn5)CCC6)CC4)csc3n2)cc1. The van der Waals surface area contributed by atoms with E-state index in [0.29, 0.717) is 19.5 Å². The number of nitrogens with zero attached hydrogens (tertiary/aromatic N) is 6. The van der Waals surface area contributed by atoms with Crippen molar-refractivity contribution in [1.29, 1.82) is 0 Å². The fourth-order valence-electron chi connectivity index (χ4n) is 4.74. The fraction of sp³-hybridized carbons (Fsp3) is 0.360. The van der Waals surface area contributed by atoms with Crippen molar-refractivity contribution in [3.05, 3.63) is 64.4 Å². The lowest BCUT2D eigenvalue weighted by Crippen LogP contribution is -2.49. The highest BCUT2D eigenvalue weighted by Crippen LogP contribution is 2.26. The minimum atomic E-state index is 0.167. The van der Waals surface area contributed by atoms with Crippen LogP contribution in [0.3, 0.4) is 0 Å². The summed E-state index contributed by atoms with van der Waals surface area (Å²) in [6, 6.07) is 10.6. The number of benzene rings is 1. The first-order valence-electron chi connectivity index (χ1n) is 11.5. The number of aryl methyl sites for hydroxylation is 3. The van der Waals surface area contributed by atoms with Gasteiger partial charge >= 0.3 is 0 Å². The van der Waals surface area contributed by atoms with Gasteiger partial charge in [0.2, 0.25) is 5.91 Å². The molecule has 1 saturated heterocycles. The Hall–Kier alpha value is -3.26. The molecule has 4 aromatic rings. The zero-order valence-corrected chi connectivity index (χ0v) is 19.5. The number of anilines is 1. The molecule has 0 saturated carbocycles. The number of rotatable bonds is 4. The predicted molar refractivity (Wildman–Crippen MR) is 130 cm³/mol. The number of hydrogen-bond acceptors (Lipinski definition) is 6. The molecule has 6 rings (SSSR count). The third kappa shape index (κ3) is 3.88. The van der Waals surface area contributed by atoms with Crippen LogP contribution >= 0.6 is 11.3 Å². The summed E-state index contributed by atoms with van der Waals surface area (Å²) in [5.41, 5.74) is 6.76. The topological polar surface area (TPSA) is 66.6 Å². The minimum absolute atomic E-state index is 0.167. The number of thiazole rings is 1. The third-order valence-corrected chi connectivity index (χ3v) is 7.62. The van der Waals surface area contributed by atoms with Gasteiger partial charge in [-0.05, 0) is 37.8 Å². The van der Waals surface area contributed by atoms with Crippen LogP contribution in [0.5, 0.6) is 0 Å². The standard InChI is InChI=1S/C25H26N6OS/c1-17-5-7-18(8-6-17)22-15-31-20(16-33-25(31)26-22)14-24(32)30-11-9-29(10-12-30)23-13-19-3-2-4-21(19)27-28-23/h5-8,13,15-16H,2-4,9-12,14H2,1H3. The second-order valence-corrected chi connectivity index (χ2v) is 9.78. The van der Waals surface area contributed by atoms with Gasteiger partial charge in [0.05, 0.1) is 17.8 Å². The van der Waals surface area contributed by atoms with E-state index in [0.717, 1.165) is 59.4 Å². The summed E-state index contributed by atoms with van der Waals surface area (Å²) in [5.74, 6) is 1.12. The molecule has 0 N–H and O–H groups in total. The average molecular weight is 459 g/mol. The van der Waals surface area contributed by atoms with Crippen molar-refractivity contribution in [2.45, 2.75) is 32.6 Å². The molecule has 1 aromatic carbocycles. The lowest BCUT2D eigenvalue weighted by atomic mass is 10.1. The molecular weight excluding hydrogens is 432 g/mol. The third-order valence-electron chi connectivity index (χ3n) is 6.73. The van der Waals surface area contributed by atoms with E-state index in [1.54, 1.807) is 11.3 Å². The fourth-order valence-corrected chi connectivity index (χ4v) is 5.62. The summed E-state index contributed by atoms with van der Waals surface area (Å²) in [5, 5.41) is 10.9. The van der Waals surface area contributed by atoms with E-state index in [-0.39, 0.29) is 5.91 Å². The lowest BCUT2D eigenvalue weighted by Gasteiger charge is -2.35. The second-order valence-electron chi connectivity index (χ2n) is 8.94. The first-order valence-corrected chi connectivity index (χ1v) is 12.4. The van der Waals surface area contributed by atoms with Crippen LogP contribution in [0.25, 0.3) is 16.2 Å². The van der Waals surface area contributed by atoms with Gasteiger partial charge in [0, 0.05) is 49.0 Å². The minimum Gasteiger partial charge on any atom is -0.352 e. The number of hydrogen-bond donors (Lipinski definition) is 0. The number of carbonyl (C=O) groups excluding carboxylic acids is 1. The van der Waals surface area contributed by atoms with Gasteiger partial charge in [-0.1, -0.05) is 29.8 Å². The highest BCUT2D eigenvalue weighted by atomic mass is 32.1. The molecule has 0 radical (unpaired) electrons. The number of piperazine rings is 1. The summed E-state index contributed by atoms with van der Waals surface area (Å²) in [6.07, 6.45) is 5.76. The van der Waals surface area contributed by atoms with E-state index < -0.39 is 0 Å². The maximum Gasteiger partial charge on any atom is 0.228 e. The molecule has 3 aromatic heterocycles. The molecule has 2 aliphatic rings. The van der Waals surface area contributed by atoms with Crippen molar-refractivity contribution in [3.8, 4) is 11.3 Å². The maximum absolute atomic E-state index is 13.1. The van der Waals surface area contributed by atoms with Gasteiger partial charge < -0.3 is 9.80 Å². The van der Waals surface area contributed by atoms with Gasteiger partial charge in [0.1, 0.15) is 0 Å². The molecule has 1 fully saturated rings. The van der Waals surface area contributed by atoms with E-state index in [1.165, 1.54) is 17.5 Å². The molecule has 1 aliphatic carbocycles. The summed E-state index contributed by atoms with van der Waals surface area (Å²) >= 11 is 1.59. The largest absolute Gasteiger partial charge is 0.352 e. The quantitative estimate of drug-likeness (QED) is 0.468. The van der Waals surface area contributed by atoms with E-state index in [9.17, 15) is 4.79 Å². The van der Waals surface area contributed by atoms with Crippen molar-refractivity contribution in [1.82, 2.24) is 24.5 Å². The number of carbonyl (C=O) groups is 1. The first kappa shape index (κ1) is 20.4. The van der Waals surface area contributed by atoms with Crippen molar-refractivity contribution >= 4 is 28.0 Å². The number of imidazole rings is 1. The maximum atomic E-state index is 13.1. The van der Waals surface area contributed by atoms with Crippen molar-refractivity contribution in [2.24, 2.45) is 0 Å². The average Bonchev–Trinajstić information content (AvgIpc) is 3.56. The van der Waals surface area contributed by atoms with Crippen LogP contribution in [0.15, 0.2) is 41.9 Å². The number of aromatic nitrogens is 4. The Morgan fingerprint density at radius 1 is 1.06 bits per heavy atom. The molecule has 0 atom stereocenters. The van der Waals surface area contributed by atoms with E-state index in [2.05, 4.69) is 62.1 Å². The van der Waals surface area contributed by atoms with E-state index in [4.69, 9.17) is 4.98 Å². The Morgan fingerprint density at radius 3 is 2.70 bits per heavy atom. The first-order chi connectivity index (χ1) is 16.1. The molecule has 1 amide bonds. The Bertz CT molecular complexity index is 1320. The Morgan fingerprint density at radius 2 is 1.88 bits per heavy atom. The van der Waals surface area contributed by atoms with Crippen LogP contribution in [0, 0.1) is 6.92 Å². The molecular formula is C25H26N6OS. The molecule has 0 spiro atoms. The predicted octanol–water partition coefficient (Wildman–Crippen LogP) is 3.54. The van der Waals surface area contributed by atoms with Gasteiger partial charge in [-0.2, -0.15) is 5.10 Å². The molecule has 0 unspecified atom stereocenters. The van der Waals surface area contributed by atoms with Crippen LogP contribution in [0.1, 0.15) is 28.9 Å². The van der Waals surface area contributed by atoms with Gasteiger partial charge in [0.25, 0.3) is 0 Å². The molecule has 168 valence electrons. The van der Waals surface area contributed by atoms with Gasteiger partial charge in [0.15, 0.2) is 10.8 Å². The highest BCUT2D eigenvalue weighted by Gasteiger charge is 2.24. The second kappa shape index (κ2) is 8.26. The van der Waals surface area contributed by atoms with Crippen LogP contribution in [-0.4, -0.2) is 56.6 Å². The molecule has 4 heterocycles. The lowest BCUT2D eigenvalue weighted by molar-refractivity contribution is -0.130. The summed E-state index contributed by atoms with van der Waals surface area (Å²) in [6.45, 7) is 5.09. The zero-order chi connectivity index (χ0) is 22.4. The summed E-state index contributed by atoms with van der Waals surface area (Å²) < 4.78 is 2.06. The van der Waals surface area contributed by atoms with E-state index in [1.807, 2.05) is 11.1 Å². The van der Waals surface area contributed by atoms with Crippen molar-refractivity contribution in [2.75, 3.05) is 31.1 Å². The van der Waals surface area contributed by atoms with Crippen LogP contribution in [0.2, 0.25) is 0 Å². The molecule has 7 nitrogen and oxygen atoms in total. The molecule has 33 heavy (non-hydrogen) atoms. The molecule has 1 aliphatic heterocycles. The van der Waals surface area contributed by atoms with Gasteiger partial charge in [-0.15, -0.1) is 16.4 Å². The monoisotopic (exact) mass is 458 g/mol. The van der Waals surface area contributed by atoms with Crippen LogP contribution < -0.4 is 4.90 Å². The molecule has 0 bridgehead atoms. The number of fused-ring (bicyclic) bond motifs is 2. The zero-order valence-electron chi connectivity index (χ0n) is 18.7. The number of amides is 1. The Kier molecular flexibility index (Phi) is 5.10. The normalized spacial score (nSPS) is 15.9. The smallest absolute Gasteiger partial charge is 0.228 e. The van der Waals surface area contributed by atoms with Crippen molar-refractivity contribution < 1.29 is 4.79 Å². The highest BCUT2D eigenvalue weighted by molar-refractivity contribution is 7.15. The molecule has 8 heteroatoms.